The van der Waals surface area contributed by atoms with E-state index in [0.29, 0.717) is 38.5 Å². The number of hydrogen-bond acceptors (Lipinski definition) is 3. The van der Waals surface area contributed by atoms with E-state index in [1.54, 1.807) is 7.11 Å². The SMILES string of the molecule is COCCN(C(=O)C1CCC(=O)N(CC2CCCCC2)C1)C(C)C. The molecule has 1 aliphatic carbocycles. The normalized spacial score (nSPS) is 22.9. The molecule has 1 saturated carbocycles. The van der Waals surface area contributed by atoms with Crippen molar-refractivity contribution in [1.82, 2.24) is 9.80 Å². The summed E-state index contributed by atoms with van der Waals surface area (Å²) in [5.41, 5.74) is 0. The molecule has 2 fully saturated rings. The van der Waals surface area contributed by atoms with Gasteiger partial charge in [-0.05, 0) is 39.0 Å². The predicted octanol–water partition coefficient (Wildman–Crippen LogP) is 2.69. The van der Waals surface area contributed by atoms with Gasteiger partial charge in [0, 0.05) is 39.2 Å². The maximum absolute atomic E-state index is 12.9. The molecule has 24 heavy (non-hydrogen) atoms. The lowest BCUT2D eigenvalue weighted by atomic mass is 9.87. The quantitative estimate of drug-likeness (QED) is 0.717. The van der Waals surface area contributed by atoms with Crippen LogP contribution in [-0.2, 0) is 14.3 Å². The van der Waals surface area contributed by atoms with E-state index in [0.717, 1.165) is 6.54 Å². The van der Waals surface area contributed by atoms with E-state index in [1.165, 1.54) is 32.1 Å². The molecule has 0 aromatic heterocycles. The number of nitrogens with zero attached hydrogens (tertiary/aromatic N) is 2. The van der Waals surface area contributed by atoms with Crippen LogP contribution in [0.5, 0.6) is 0 Å². The number of hydrogen-bond donors (Lipinski definition) is 0. The molecule has 1 aliphatic heterocycles. The summed E-state index contributed by atoms with van der Waals surface area (Å²) in [5.74, 6) is 0.998. The Morgan fingerprint density at radius 1 is 1.25 bits per heavy atom. The molecule has 138 valence electrons. The minimum atomic E-state index is -0.0504. The number of likely N-dealkylation sites (tertiary alicyclic amines) is 1. The first-order valence-electron chi connectivity index (χ1n) is 9.60. The van der Waals surface area contributed by atoms with Gasteiger partial charge in [0.25, 0.3) is 0 Å². The molecular weight excluding hydrogens is 304 g/mol. The van der Waals surface area contributed by atoms with E-state index in [1.807, 2.05) is 23.6 Å². The number of ether oxygens (including phenoxy) is 1. The molecule has 1 atom stereocenters. The van der Waals surface area contributed by atoms with Crippen LogP contribution in [0.4, 0.5) is 0 Å². The Morgan fingerprint density at radius 2 is 1.96 bits per heavy atom. The Hall–Kier alpha value is -1.10. The van der Waals surface area contributed by atoms with Gasteiger partial charge in [0.05, 0.1) is 12.5 Å². The molecule has 0 bridgehead atoms. The zero-order valence-corrected chi connectivity index (χ0v) is 15.6. The highest BCUT2D eigenvalue weighted by atomic mass is 16.5. The highest BCUT2D eigenvalue weighted by Crippen LogP contribution is 2.27. The fraction of sp³-hybridized carbons (Fsp3) is 0.895. The van der Waals surface area contributed by atoms with E-state index >= 15 is 0 Å². The molecule has 2 amide bonds. The lowest BCUT2D eigenvalue weighted by molar-refractivity contribution is -0.145. The standard InChI is InChI=1S/C19H34N2O3/c1-15(2)21(11-12-24-3)19(23)17-9-10-18(22)20(14-17)13-16-7-5-4-6-8-16/h15-17H,4-14H2,1-3H3. The maximum atomic E-state index is 12.9. The van der Waals surface area contributed by atoms with Gasteiger partial charge in [-0.15, -0.1) is 0 Å². The van der Waals surface area contributed by atoms with E-state index in [4.69, 9.17) is 4.74 Å². The first kappa shape index (κ1) is 19.2. The molecule has 0 N–H and O–H groups in total. The van der Waals surface area contributed by atoms with E-state index in [9.17, 15) is 9.59 Å². The molecule has 2 aliphatic rings. The van der Waals surface area contributed by atoms with Crippen molar-refractivity contribution in [2.75, 3.05) is 33.4 Å². The molecule has 1 saturated heterocycles. The third kappa shape index (κ3) is 5.20. The summed E-state index contributed by atoms with van der Waals surface area (Å²) in [6, 6.07) is 0.164. The Kier molecular flexibility index (Phi) is 7.53. The second kappa shape index (κ2) is 9.40. The summed E-state index contributed by atoms with van der Waals surface area (Å²) in [6.07, 6.45) is 7.56. The van der Waals surface area contributed by atoms with Crippen LogP contribution in [0.25, 0.3) is 0 Å². The van der Waals surface area contributed by atoms with Crippen molar-refractivity contribution in [2.45, 2.75) is 64.8 Å². The fourth-order valence-electron chi connectivity index (χ4n) is 4.02. The summed E-state index contributed by atoms with van der Waals surface area (Å²) < 4.78 is 5.14. The number of carbonyl (C=O) groups excluding carboxylic acids is 2. The molecule has 5 heteroatoms. The number of methoxy groups -OCH3 is 1. The Labute approximate surface area is 146 Å². The average molecular weight is 338 g/mol. The van der Waals surface area contributed by atoms with Gasteiger partial charge in [-0.25, -0.2) is 0 Å². The largest absolute Gasteiger partial charge is 0.383 e. The molecule has 0 radical (unpaired) electrons. The fourth-order valence-corrected chi connectivity index (χ4v) is 4.02. The van der Waals surface area contributed by atoms with Crippen molar-refractivity contribution >= 4 is 11.8 Å². The summed E-state index contributed by atoms with van der Waals surface area (Å²) in [4.78, 5) is 29.1. The molecule has 1 unspecified atom stereocenters. The zero-order valence-electron chi connectivity index (χ0n) is 15.6. The van der Waals surface area contributed by atoms with Crippen LogP contribution < -0.4 is 0 Å². The van der Waals surface area contributed by atoms with Gasteiger partial charge in [-0.2, -0.15) is 0 Å². The van der Waals surface area contributed by atoms with Crippen LogP contribution in [0, 0.1) is 11.8 Å². The number of amides is 2. The third-order valence-electron chi connectivity index (χ3n) is 5.50. The van der Waals surface area contributed by atoms with Crippen LogP contribution in [0.3, 0.4) is 0 Å². The van der Waals surface area contributed by atoms with Crippen molar-refractivity contribution in [3.8, 4) is 0 Å². The first-order chi connectivity index (χ1) is 11.5. The minimum absolute atomic E-state index is 0.0504. The first-order valence-corrected chi connectivity index (χ1v) is 9.60. The molecule has 1 heterocycles. The van der Waals surface area contributed by atoms with Gasteiger partial charge in [0.15, 0.2) is 0 Å². The smallest absolute Gasteiger partial charge is 0.227 e. The zero-order chi connectivity index (χ0) is 17.5. The van der Waals surface area contributed by atoms with Gasteiger partial charge in [0.1, 0.15) is 0 Å². The van der Waals surface area contributed by atoms with Gasteiger partial charge in [-0.1, -0.05) is 19.3 Å². The van der Waals surface area contributed by atoms with Crippen LogP contribution in [-0.4, -0.2) is 61.0 Å². The highest BCUT2D eigenvalue weighted by molar-refractivity contribution is 5.84. The van der Waals surface area contributed by atoms with Crippen molar-refractivity contribution in [2.24, 2.45) is 11.8 Å². The summed E-state index contributed by atoms with van der Waals surface area (Å²) in [5, 5.41) is 0. The second-order valence-corrected chi connectivity index (χ2v) is 7.66. The molecule has 0 aromatic carbocycles. The van der Waals surface area contributed by atoms with Gasteiger partial charge >= 0.3 is 0 Å². The number of carbonyl (C=O) groups is 2. The van der Waals surface area contributed by atoms with Crippen LogP contribution >= 0.6 is 0 Å². The molecular formula is C19H34N2O3. The van der Waals surface area contributed by atoms with Crippen molar-refractivity contribution in [3.63, 3.8) is 0 Å². The van der Waals surface area contributed by atoms with Crippen molar-refractivity contribution in [1.29, 1.82) is 0 Å². The topological polar surface area (TPSA) is 49.9 Å². The lowest BCUT2D eigenvalue weighted by Crippen LogP contribution is -2.50. The van der Waals surface area contributed by atoms with Crippen LogP contribution in [0.15, 0.2) is 0 Å². The summed E-state index contributed by atoms with van der Waals surface area (Å²) in [6.45, 7) is 6.72. The van der Waals surface area contributed by atoms with Crippen molar-refractivity contribution < 1.29 is 14.3 Å². The van der Waals surface area contributed by atoms with E-state index in [-0.39, 0.29) is 23.8 Å². The van der Waals surface area contributed by atoms with Gasteiger partial charge < -0.3 is 14.5 Å². The third-order valence-corrected chi connectivity index (χ3v) is 5.50. The highest BCUT2D eigenvalue weighted by Gasteiger charge is 2.34. The predicted molar refractivity (Wildman–Crippen MR) is 94.6 cm³/mol. The Morgan fingerprint density at radius 3 is 2.58 bits per heavy atom. The minimum Gasteiger partial charge on any atom is -0.383 e. The number of piperidine rings is 1. The van der Waals surface area contributed by atoms with E-state index in [2.05, 4.69) is 0 Å². The lowest BCUT2D eigenvalue weighted by Gasteiger charge is -2.38. The molecule has 0 aromatic rings. The van der Waals surface area contributed by atoms with Gasteiger partial charge in [-0.3, -0.25) is 9.59 Å². The molecule has 0 spiro atoms. The summed E-state index contributed by atoms with van der Waals surface area (Å²) in [7, 11) is 1.66. The average Bonchev–Trinajstić information content (AvgIpc) is 2.57. The maximum Gasteiger partial charge on any atom is 0.227 e. The monoisotopic (exact) mass is 338 g/mol. The van der Waals surface area contributed by atoms with Crippen LogP contribution in [0.2, 0.25) is 0 Å². The number of rotatable bonds is 7. The molecule has 2 rings (SSSR count). The Bertz CT molecular complexity index is 419. The Balaban J connectivity index is 1.94. The van der Waals surface area contributed by atoms with Crippen molar-refractivity contribution in [3.05, 3.63) is 0 Å². The van der Waals surface area contributed by atoms with E-state index < -0.39 is 0 Å². The molecule has 5 nitrogen and oxygen atoms in total. The van der Waals surface area contributed by atoms with Gasteiger partial charge in [0.2, 0.25) is 11.8 Å². The summed E-state index contributed by atoms with van der Waals surface area (Å²) >= 11 is 0. The van der Waals surface area contributed by atoms with Crippen LogP contribution in [0.1, 0.15) is 58.8 Å². The second-order valence-electron chi connectivity index (χ2n) is 7.66.